The predicted molar refractivity (Wildman–Crippen MR) is 124 cm³/mol. The number of aryl methyl sites for hydroxylation is 1. The number of hydrogen-bond donors (Lipinski definition) is 1. The van der Waals surface area contributed by atoms with Crippen molar-refractivity contribution in [1.29, 1.82) is 0 Å². The fraction of sp³-hybridized carbons (Fsp3) is 0.167. The Kier molecular flexibility index (Phi) is 7.93. The van der Waals surface area contributed by atoms with Crippen LogP contribution in [0.25, 0.3) is 6.08 Å². The van der Waals surface area contributed by atoms with Crippen LogP contribution in [0.5, 0.6) is 5.75 Å². The van der Waals surface area contributed by atoms with Gasteiger partial charge >= 0.3 is 11.9 Å². The van der Waals surface area contributed by atoms with Crippen LogP contribution in [0.1, 0.15) is 37.0 Å². The van der Waals surface area contributed by atoms with E-state index in [4.69, 9.17) is 14.2 Å². The van der Waals surface area contributed by atoms with E-state index in [1.54, 1.807) is 23.5 Å². The fourth-order valence-electron chi connectivity index (χ4n) is 2.90. The zero-order chi connectivity index (χ0) is 23.8. The monoisotopic (exact) mass is 466 g/mol. The molecule has 33 heavy (non-hydrogen) atoms. The van der Waals surface area contributed by atoms with Gasteiger partial charge in [0.25, 0.3) is 0 Å². The quantitative estimate of drug-likeness (QED) is 0.391. The van der Waals surface area contributed by atoms with Gasteiger partial charge in [-0.05, 0) is 37.3 Å². The van der Waals surface area contributed by atoms with Crippen molar-refractivity contribution in [2.24, 2.45) is 0 Å². The first kappa shape index (κ1) is 23.7. The van der Waals surface area contributed by atoms with Crippen LogP contribution in [0.4, 0.5) is 5.69 Å². The molecule has 9 heteroatoms. The van der Waals surface area contributed by atoms with Gasteiger partial charge in [0.05, 0.1) is 36.0 Å². The average Bonchev–Trinajstić information content (AvgIpc) is 3.25. The molecular weight excluding hydrogens is 444 g/mol. The molecule has 0 saturated carbocycles. The number of thiazole rings is 1. The second kappa shape index (κ2) is 11.1. The van der Waals surface area contributed by atoms with Crippen molar-refractivity contribution in [3.63, 3.8) is 0 Å². The van der Waals surface area contributed by atoms with E-state index in [0.717, 1.165) is 10.7 Å². The minimum absolute atomic E-state index is 0.107. The zero-order valence-corrected chi connectivity index (χ0v) is 19.1. The summed E-state index contributed by atoms with van der Waals surface area (Å²) in [5.74, 6) is -1.15. The van der Waals surface area contributed by atoms with E-state index in [-0.39, 0.29) is 16.8 Å². The molecule has 0 aliphatic heterocycles. The standard InChI is InChI=1S/C24H22N2O6S/c1-15-25-20(14-33-15)13-32-21-7-5-4-6-16(21)8-9-22(27)26-19-11-17(23(28)30-2)10-18(12-19)24(29)31-3/h4-12,14H,13H2,1-3H3,(H,26,27)/b9-8+. The lowest BCUT2D eigenvalue weighted by molar-refractivity contribution is -0.111. The van der Waals surface area contributed by atoms with Gasteiger partial charge in [-0.25, -0.2) is 14.6 Å². The molecule has 3 rings (SSSR count). The molecule has 3 aromatic rings. The van der Waals surface area contributed by atoms with Gasteiger partial charge < -0.3 is 19.5 Å². The normalized spacial score (nSPS) is 10.6. The highest BCUT2D eigenvalue weighted by Crippen LogP contribution is 2.22. The molecule has 0 aliphatic rings. The Balaban J connectivity index is 1.74. The topological polar surface area (TPSA) is 104 Å². The number of para-hydroxylation sites is 1. The average molecular weight is 467 g/mol. The van der Waals surface area contributed by atoms with Crippen molar-refractivity contribution in [2.75, 3.05) is 19.5 Å². The first-order valence-corrected chi connectivity index (χ1v) is 10.7. The number of rotatable bonds is 8. The fourth-order valence-corrected chi connectivity index (χ4v) is 3.49. The summed E-state index contributed by atoms with van der Waals surface area (Å²) >= 11 is 1.55. The van der Waals surface area contributed by atoms with Gasteiger partial charge in [0.1, 0.15) is 12.4 Å². The Hall–Kier alpha value is -3.98. The lowest BCUT2D eigenvalue weighted by atomic mass is 10.1. The van der Waals surface area contributed by atoms with Gasteiger partial charge in [-0.1, -0.05) is 18.2 Å². The van der Waals surface area contributed by atoms with E-state index in [1.165, 1.54) is 38.5 Å². The maximum atomic E-state index is 12.5. The highest BCUT2D eigenvalue weighted by Gasteiger charge is 2.14. The molecule has 0 bridgehead atoms. The summed E-state index contributed by atoms with van der Waals surface area (Å²) < 4.78 is 15.3. The first-order chi connectivity index (χ1) is 15.9. The number of carbonyl (C=O) groups excluding carboxylic acids is 3. The summed E-state index contributed by atoms with van der Waals surface area (Å²) in [7, 11) is 2.45. The largest absolute Gasteiger partial charge is 0.487 e. The molecule has 1 N–H and O–H groups in total. The molecule has 1 heterocycles. The van der Waals surface area contributed by atoms with Crippen LogP contribution < -0.4 is 10.1 Å². The maximum Gasteiger partial charge on any atom is 0.337 e. The van der Waals surface area contributed by atoms with E-state index >= 15 is 0 Å². The molecule has 170 valence electrons. The zero-order valence-electron chi connectivity index (χ0n) is 18.3. The number of nitrogens with zero attached hydrogens (tertiary/aromatic N) is 1. The molecular formula is C24H22N2O6S. The van der Waals surface area contributed by atoms with E-state index in [9.17, 15) is 14.4 Å². The number of ether oxygens (including phenoxy) is 3. The number of nitrogens with one attached hydrogen (secondary N) is 1. The molecule has 0 saturated heterocycles. The van der Waals surface area contributed by atoms with Crippen molar-refractivity contribution in [3.05, 3.63) is 81.3 Å². The Morgan fingerprint density at radius 1 is 1.03 bits per heavy atom. The number of anilines is 1. The summed E-state index contributed by atoms with van der Waals surface area (Å²) in [6, 6.07) is 11.5. The van der Waals surface area contributed by atoms with Gasteiger partial charge in [0, 0.05) is 22.7 Å². The minimum atomic E-state index is -0.645. The van der Waals surface area contributed by atoms with E-state index < -0.39 is 17.8 Å². The first-order valence-electron chi connectivity index (χ1n) is 9.83. The number of carbonyl (C=O) groups is 3. The van der Waals surface area contributed by atoms with E-state index in [1.807, 2.05) is 30.5 Å². The number of benzene rings is 2. The van der Waals surface area contributed by atoms with Gasteiger partial charge in [0.2, 0.25) is 5.91 Å². The van der Waals surface area contributed by atoms with Crippen molar-refractivity contribution in [1.82, 2.24) is 4.98 Å². The highest BCUT2D eigenvalue weighted by atomic mass is 32.1. The van der Waals surface area contributed by atoms with Gasteiger partial charge in [-0.3, -0.25) is 4.79 Å². The molecule has 0 radical (unpaired) electrons. The minimum Gasteiger partial charge on any atom is -0.487 e. The summed E-state index contributed by atoms with van der Waals surface area (Å²) in [5.41, 5.74) is 2.00. The summed E-state index contributed by atoms with van der Waals surface area (Å²) in [5, 5.41) is 5.54. The summed E-state index contributed by atoms with van der Waals surface area (Å²) in [4.78, 5) is 40.7. The van der Waals surface area contributed by atoms with Crippen molar-refractivity contribution in [3.8, 4) is 5.75 Å². The van der Waals surface area contributed by atoms with Gasteiger partial charge in [0.15, 0.2) is 0 Å². The smallest absolute Gasteiger partial charge is 0.337 e. The second-order valence-electron chi connectivity index (χ2n) is 6.79. The number of esters is 2. The predicted octanol–water partition coefficient (Wildman–Crippen LogP) is 4.26. The molecule has 0 fully saturated rings. The van der Waals surface area contributed by atoms with Gasteiger partial charge in [-0.15, -0.1) is 11.3 Å². The SMILES string of the molecule is COC(=O)c1cc(NC(=O)/C=C/c2ccccc2OCc2csc(C)n2)cc(C(=O)OC)c1. The van der Waals surface area contributed by atoms with Crippen LogP contribution in [0.15, 0.2) is 53.9 Å². The number of methoxy groups -OCH3 is 2. The molecule has 8 nitrogen and oxygen atoms in total. The number of aromatic nitrogens is 1. The summed E-state index contributed by atoms with van der Waals surface area (Å²) in [6.45, 7) is 2.25. The molecule has 2 aromatic carbocycles. The third kappa shape index (κ3) is 6.50. The Labute approximate surface area is 194 Å². The Bertz CT molecular complexity index is 1170. The van der Waals surface area contributed by atoms with E-state index in [2.05, 4.69) is 10.3 Å². The lowest BCUT2D eigenvalue weighted by Gasteiger charge is -2.09. The third-order valence-electron chi connectivity index (χ3n) is 4.42. The van der Waals surface area contributed by atoms with Crippen molar-refractivity contribution < 1.29 is 28.6 Å². The van der Waals surface area contributed by atoms with Crippen LogP contribution in [-0.4, -0.2) is 37.0 Å². The van der Waals surface area contributed by atoms with Crippen LogP contribution >= 0.6 is 11.3 Å². The summed E-state index contributed by atoms with van der Waals surface area (Å²) in [6.07, 6.45) is 2.94. The van der Waals surface area contributed by atoms with Gasteiger partial charge in [-0.2, -0.15) is 0 Å². The Morgan fingerprint density at radius 3 is 2.30 bits per heavy atom. The number of hydrogen-bond acceptors (Lipinski definition) is 8. The molecule has 0 atom stereocenters. The molecule has 1 aromatic heterocycles. The molecule has 0 aliphatic carbocycles. The highest BCUT2D eigenvalue weighted by molar-refractivity contribution is 7.09. The van der Waals surface area contributed by atoms with Crippen LogP contribution in [-0.2, 0) is 20.9 Å². The lowest BCUT2D eigenvalue weighted by Crippen LogP contribution is -2.12. The van der Waals surface area contributed by atoms with Crippen molar-refractivity contribution in [2.45, 2.75) is 13.5 Å². The van der Waals surface area contributed by atoms with E-state index in [0.29, 0.717) is 17.9 Å². The third-order valence-corrected chi connectivity index (χ3v) is 5.24. The number of amides is 1. The van der Waals surface area contributed by atoms with Crippen LogP contribution in [0, 0.1) is 6.92 Å². The van der Waals surface area contributed by atoms with Crippen LogP contribution in [0.2, 0.25) is 0 Å². The Morgan fingerprint density at radius 2 is 1.70 bits per heavy atom. The molecule has 0 unspecified atom stereocenters. The molecule has 1 amide bonds. The van der Waals surface area contributed by atoms with Crippen molar-refractivity contribution >= 4 is 40.9 Å². The molecule has 0 spiro atoms. The second-order valence-corrected chi connectivity index (χ2v) is 7.85. The van der Waals surface area contributed by atoms with Crippen LogP contribution in [0.3, 0.4) is 0 Å². The maximum absolute atomic E-state index is 12.5.